The minimum Gasteiger partial charge on any atom is -0.462 e. The number of hydrogen-bond acceptors (Lipinski definition) is 4. The quantitative estimate of drug-likeness (QED) is 0.0345. The molecule has 0 bridgehead atoms. The zero-order valence-electron chi connectivity index (χ0n) is 53.5. The summed E-state index contributed by atoms with van der Waals surface area (Å²) in [5.41, 5.74) is 0. The monoisotopic (exact) mass is 1090 g/mol. The first-order chi connectivity index (χ1) is 37.4. The van der Waals surface area contributed by atoms with Gasteiger partial charge in [0, 0.05) is 12.8 Å². The van der Waals surface area contributed by atoms with E-state index in [0.29, 0.717) is 12.8 Å². The lowest BCUT2D eigenvalue weighted by molar-refractivity contribution is -0.158. The zero-order chi connectivity index (χ0) is 56.0. The molecule has 77 heavy (non-hydrogen) atoms. The molecule has 1 atom stereocenters. The molecule has 0 radical (unpaired) electrons. The van der Waals surface area contributed by atoms with Crippen LogP contribution in [0.4, 0.5) is 0 Å². The van der Waals surface area contributed by atoms with Gasteiger partial charge in [0.25, 0.3) is 0 Å². The Labute approximate surface area is 484 Å². The molecule has 0 aliphatic rings. The van der Waals surface area contributed by atoms with E-state index < -0.39 is 0 Å². The molecule has 5 nitrogen and oxygen atoms in total. The van der Waals surface area contributed by atoms with Gasteiger partial charge in [-0.25, -0.2) is 0 Å². The van der Waals surface area contributed by atoms with Crippen LogP contribution < -0.4 is 0 Å². The molecule has 0 aliphatic carbocycles. The summed E-state index contributed by atoms with van der Waals surface area (Å²) in [7, 11) is 0. The Morgan fingerprint density at radius 3 is 0.779 bits per heavy atom. The van der Waals surface area contributed by atoms with Crippen molar-refractivity contribution in [1.29, 1.82) is 0 Å². The molecule has 0 aromatic carbocycles. The van der Waals surface area contributed by atoms with Gasteiger partial charge in [-0.2, -0.15) is 0 Å². The number of hydrogen-bond donors (Lipinski definition) is 0. The molecule has 0 saturated heterocycles. The van der Waals surface area contributed by atoms with Crippen LogP contribution >= 0.6 is 0 Å². The lowest BCUT2D eigenvalue weighted by atomic mass is 10.0. The molecule has 0 rings (SSSR count). The van der Waals surface area contributed by atoms with Crippen molar-refractivity contribution >= 4 is 11.9 Å². The van der Waals surface area contributed by atoms with Crippen LogP contribution in [0.1, 0.15) is 389 Å². The highest BCUT2D eigenvalue weighted by Gasteiger charge is 2.12. The summed E-state index contributed by atoms with van der Waals surface area (Å²) >= 11 is 0. The first-order valence-electron chi connectivity index (χ1n) is 34.4. The Bertz CT molecular complexity index is 1170. The SMILES string of the molecule is CCCCC/C=C/C/C=C/CCCCCCCC(=O)OC[C@H](C)OC(=O)CCCCCCCCCC/C=C/CCCCC.CCCCC/C=C/CCCCCCCCCC.CCCCCCCCCCCCCCCC.O. The number of esters is 2. The fourth-order valence-corrected chi connectivity index (χ4v) is 9.43. The van der Waals surface area contributed by atoms with Gasteiger partial charge in [0.05, 0.1) is 0 Å². The van der Waals surface area contributed by atoms with Crippen LogP contribution in [0.2, 0.25) is 0 Å². The molecule has 0 aromatic heterocycles. The lowest BCUT2D eigenvalue weighted by Crippen LogP contribution is -2.22. The van der Waals surface area contributed by atoms with Crippen molar-refractivity contribution in [2.75, 3.05) is 6.61 Å². The summed E-state index contributed by atoms with van der Waals surface area (Å²) in [5.74, 6) is -0.368. The molecule has 2 N–H and O–H groups in total. The molecule has 0 heterocycles. The number of rotatable bonds is 58. The van der Waals surface area contributed by atoms with Crippen molar-refractivity contribution < 1.29 is 24.5 Å². The Morgan fingerprint density at radius 2 is 0.494 bits per heavy atom. The van der Waals surface area contributed by atoms with Gasteiger partial charge < -0.3 is 14.9 Å². The lowest BCUT2D eigenvalue weighted by Gasteiger charge is -2.13. The van der Waals surface area contributed by atoms with E-state index in [4.69, 9.17) is 9.47 Å². The number of unbranched alkanes of at least 4 members (excludes halogenated alkanes) is 43. The minimum absolute atomic E-state index is 0. The van der Waals surface area contributed by atoms with Crippen LogP contribution in [0, 0.1) is 0 Å². The van der Waals surface area contributed by atoms with E-state index in [1.165, 1.54) is 283 Å². The number of allylic oxidation sites excluding steroid dienone is 8. The number of carbonyl (C=O) groups excluding carboxylic acids is 2. The second kappa shape index (κ2) is 78.1. The van der Waals surface area contributed by atoms with Crippen molar-refractivity contribution in [1.82, 2.24) is 0 Å². The maximum atomic E-state index is 12.1. The van der Waals surface area contributed by atoms with E-state index in [-0.39, 0.29) is 30.1 Å². The van der Waals surface area contributed by atoms with E-state index in [0.717, 1.165) is 44.9 Å². The standard InChI is InChI=1S/C39H70O4.C17H34.C16H34.H2O/c1-4-6-8-10-12-14-16-18-20-22-24-26-28-30-32-34-38(40)42-36-37(3)43-39(41)35-33-31-29-27-25-23-21-19-17-15-13-11-9-7-5-2;1-3-5-7-9-11-13-15-17-16-14-12-10-8-6-4-2;1-3-5-7-9-11-13-15-16-14-12-10-8-6-4-2;/h12-15,18,20,37H,4-11,16-17,19,21-36H2,1-3H3;11,13H,3-10,12,14-17H2,1-2H3;3-16H2,1-2H3;1H2/b14-12+,15-13+,20-18+;13-11+;;/t37-;;;/m0.../s1. The van der Waals surface area contributed by atoms with Crippen LogP contribution in [0.15, 0.2) is 48.6 Å². The number of ether oxygens (including phenoxy) is 2. The van der Waals surface area contributed by atoms with Gasteiger partial charge in [0.2, 0.25) is 0 Å². The van der Waals surface area contributed by atoms with Crippen LogP contribution in [0.25, 0.3) is 0 Å². The third kappa shape index (κ3) is 82.8. The molecular weight excluding hydrogens is 945 g/mol. The number of carbonyl (C=O) groups is 2. The molecule has 0 fully saturated rings. The summed E-state index contributed by atoms with van der Waals surface area (Å²) in [5, 5.41) is 0. The van der Waals surface area contributed by atoms with E-state index in [9.17, 15) is 9.59 Å². The molecule has 0 saturated carbocycles. The van der Waals surface area contributed by atoms with E-state index in [2.05, 4.69) is 90.2 Å². The first-order valence-corrected chi connectivity index (χ1v) is 34.4. The van der Waals surface area contributed by atoms with Crippen molar-refractivity contribution in [3.8, 4) is 0 Å². The Morgan fingerprint density at radius 1 is 0.286 bits per heavy atom. The molecule has 0 unspecified atom stereocenters. The molecule has 5 heteroatoms. The van der Waals surface area contributed by atoms with Crippen molar-refractivity contribution in [3.63, 3.8) is 0 Å². The highest BCUT2D eigenvalue weighted by Crippen LogP contribution is 2.16. The normalized spacial score (nSPS) is 11.8. The maximum Gasteiger partial charge on any atom is 0.306 e. The first kappa shape index (κ1) is 81.3. The summed E-state index contributed by atoms with van der Waals surface area (Å²) in [6.45, 7) is 15.6. The third-order valence-electron chi connectivity index (χ3n) is 14.6. The summed E-state index contributed by atoms with van der Waals surface area (Å²) < 4.78 is 10.7. The molecule has 0 aromatic rings. The Balaban J connectivity index is -0.000000638. The molecule has 458 valence electrons. The fraction of sp³-hybridized carbons (Fsp3) is 0.861. The minimum atomic E-state index is -0.382. The van der Waals surface area contributed by atoms with Gasteiger partial charge in [0.15, 0.2) is 0 Å². The summed E-state index contributed by atoms with van der Waals surface area (Å²) in [4.78, 5) is 24.1. The van der Waals surface area contributed by atoms with Gasteiger partial charge in [-0.1, -0.05) is 321 Å². The highest BCUT2D eigenvalue weighted by molar-refractivity contribution is 5.70. The summed E-state index contributed by atoms with van der Waals surface area (Å²) in [6, 6.07) is 0. The van der Waals surface area contributed by atoms with E-state index in [1.807, 2.05) is 0 Å². The molecule has 0 amide bonds. The molecule has 0 spiro atoms. The maximum absolute atomic E-state index is 12.1. The zero-order valence-corrected chi connectivity index (χ0v) is 53.5. The van der Waals surface area contributed by atoms with Gasteiger partial charge in [-0.15, -0.1) is 0 Å². The predicted octanol–water partition coefficient (Wildman–Crippen LogP) is 24.6. The molecular formula is C72H140O5. The van der Waals surface area contributed by atoms with Gasteiger partial charge in [-0.05, 0) is 103 Å². The average molecular weight is 1090 g/mol. The topological polar surface area (TPSA) is 84.1 Å². The third-order valence-corrected chi connectivity index (χ3v) is 14.6. The van der Waals surface area contributed by atoms with Crippen LogP contribution in [0.3, 0.4) is 0 Å². The van der Waals surface area contributed by atoms with Crippen LogP contribution in [-0.4, -0.2) is 30.1 Å². The smallest absolute Gasteiger partial charge is 0.306 e. The van der Waals surface area contributed by atoms with Crippen molar-refractivity contribution in [3.05, 3.63) is 48.6 Å². The largest absolute Gasteiger partial charge is 0.462 e. The van der Waals surface area contributed by atoms with Crippen molar-refractivity contribution in [2.45, 2.75) is 395 Å². The van der Waals surface area contributed by atoms with Crippen LogP contribution in [0.5, 0.6) is 0 Å². The van der Waals surface area contributed by atoms with Crippen molar-refractivity contribution in [2.24, 2.45) is 0 Å². The molecule has 0 aliphatic heterocycles. The Hall–Kier alpha value is -2.14. The van der Waals surface area contributed by atoms with Gasteiger partial charge in [0.1, 0.15) is 12.7 Å². The second-order valence-corrected chi connectivity index (χ2v) is 22.8. The average Bonchev–Trinajstić information content (AvgIpc) is 3.42. The summed E-state index contributed by atoms with van der Waals surface area (Å²) in [6.07, 6.45) is 86.6. The van der Waals surface area contributed by atoms with E-state index in [1.54, 1.807) is 6.92 Å². The second-order valence-electron chi connectivity index (χ2n) is 22.8. The van der Waals surface area contributed by atoms with E-state index >= 15 is 0 Å². The van der Waals surface area contributed by atoms with Crippen LogP contribution in [-0.2, 0) is 19.1 Å². The van der Waals surface area contributed by atoms with Gasteiger partial charge >= 0.3 is 11.9 Å². The predicted molar refractivity (Wildman–Crippen MR) is 345 cm³/mol. The Kier molecular flexibility index (Phi) is 82.5. The highest BCUT2D eigenvalue weighted by atomic mass is 16.6. The van der Waals surface area contributed by atoms with Gasteiger partial charge in [-0.3, -0.25) is 9.59 Å². The fourth-order valence-electron chi connectivity index (χ4n) is 9.43.